The zero-order valence-electron chi connectivity index (χ0n) is 13.6. The first-order valence-corrected chi connectivity index (χ1v) is 8.96. The SMILES string of the molecule is CC[C@@H]1CCc2sc(C(=O)N/N=C\c3ccc(C#N)cc3)cc2C1. The van der Waals surface area contributed by atoms with Gasteiger partial charge in [0.25, 0.3) is 5.91 Å². The van der Waals surface area contributed by atoms with Gasteiger partial charge < -0.3 is 0 Å². The minimum absolute atomic E-state index is 0.160. The molecule has 0 radical (unpaired) electrons. The molecule has 2 aromatic rings. The number of carbonyl (C=O) groups excluding carboxylic acids is 1. The molecule has 122 valence electrons. The predicted octanol–water partition coefficient (Wildman–Crippen LogP) is 3.90. The summed E-state index contributed by atoms with van der Waals surface area (Å²) in [4.78, 5) is 14.3. The largest absolute Gasteiger partial charge is 0.281 e. The number of hydrogen-bond donors (Lipinski definition) is 1. The Morgan fingerprint density at radius 2 is 2.25 bits per heavy atom. The molecule has 0 fully saturated rings. The fourth-order valence-electron chi connectivity index (χ4n) is 2.92. The van der Waals surface area contributed by atoms with E-state index in [0.29, 0.717) is 5.56 Å². The zero-order chi connectivity index (χ0) is 16.9. The lowest BCUT2D eigenvalue weighted by Crippen LogP contribution is -2.16. The van der Waals surface area contributed by atoms with Crippen molar-refractivity contribution in [1.82, 2.24) is 5.43 Å². The molecule has 1 aliphatic rings. The van der Waals surface area contributed by atoms with Crippen molar-refractivity contribution >= 4 is 23.5 Å². The number of benzene rings is 1. The Bertz CT molecular complexity index is 799. The van der Waals surface area contributed by atoms with Gasteiger partial charge >= 0.3 is 0 Å². The lowest BCUT2D eigenvalue weighted by molar-refractivity contribution is 0.0959. The fourth-order valence-corrected chi connectivity index (χ4v) is 4.02. The minimum atomic E-state index is -0.160. The first-order chi connectivity index (χ1) is 11.7. The summed E-state index contributed by atoms with van der Waals surface area (Å²) in [6.07, 6.45) is 6.18. The van der Waals surface area contributed by atoms with E-state index in [-0.39, 0.29) is 5.91 Å². The van der Waals surface area contributed by atoms with Crippen molar-refractivity contribution in [2.75, 3.05) is 0 Å². The fraction of sp³-hybridized carbons (Fsp3) is 0.316. The number of hydrazone groups is 1. The normalized spacial score (nSPS) is 16.6. The Labute approximate surface area is 145 Å². The van der Waals surface area contributed by atoms with E-state index in [1.165, 1.54) is 23.3 Å². The van der Waals surface area contributed by atoms with E-state index in [9.17, 15) is 4.79 Å². The van der Waals surface area contributed by atoms with Crippen LogP contribution in [0.1, 0.15) is 51.0 Å². The summed E-state index contributed by atoms with van der Waals surface area (Å²) >= 11 is 1.59. The molecule has 0 saturated heterocycles. The number of nitrogens with one attached hydrogen (secondary N) is 1. The first kappa shape index (κ1) is 16.4. The molecule has 0 aliphatic heterocycles. The van der Waals surface area contributed by atoms with Crippen LogP contribution in [0.4, 0.5) is 0 Å². The summed E-state index contributed by atoms with van der Waals surface area (Å²) in [6, 6.07) is 11.1. The molecule has 1 atom stereocenters. The van der Waals surface area contributed by atoms with Crippen LogP contribution in [0.25, 0.3) is 0 Å². The van der Waals surface area contributed by atoms with E-state index in [1.54, 1.807) is 41.8 Å². The number of nitriles is 1. The van der Waals surface area contributed by atoms with E-state index < -0.39 is 0 Å². The number of amides is 1. The van der Waals surface area contributed by atoms with Gasteiger partial charge in [-0.3, -0.25) is 4.79 Å². The molecule has 1 aromatic carbocycles. The molecule has 0 spiro atoms. The molecule has 0 bridgehead atoms. The monoisotopic (exact) mass is 337 g/mol. The van der Waals surface area contributed by atoms with Gasteiger partial charge in [-0.05, 0) is 54.5 Å². The average Bonchev–Trinajstić information content (AvgIpc) is 3.05. The van der Waals surface area contributed by atoms with Crippen LogP contribution < -0.4 is 5.43 Å². The lowest BCUT2D eigenvalue weighted by Gasteiger charge is -2.19. The highest BCUT2D eigenvalue weighted by molar-refractivity contribution is 7.14. The molecule has 1 amide bonds. The van der Waals surface area contributed by atoms with Gasteiger partial charge in [-0.15, -0.1) is 11.3 Å². The van der Waals surface area contributed by atoms with Gasteiger partial charge in [-0.1, -0.05) is 25.5 Å². The maximum atomic E-state index is 12.2. The smallest absolute Gasteiger partial charge is 0.266 e. The number of carbonyl (C=O) groups is 1. The molecular weight excluding hydrogens is 318 g/mol. The molecule has 24 heavy (non-hydrogen) atoms. The number of fused-ring (bicyclic) bond motifs is 1. The standard InChI is InChI=1S/C19H19N3OS/c1-2-13-7-8-17-16(9-13)10-18(24-17)19(23)22-21-12-15-5-3-14(11-20)4-6-15/h3-6,10,12-13H,2,7-9H2,1H3,(H,22,23)/b21-12-/t13-/m1/s1. The molecule has 4 nitrogen and oxygen atoms in total. The van der Waals surface area contributed by atoms with E-state index >= 15 is 0 Å². The quantitative estimate of drug-likeness (QED) is 0.679. The second kappa shape index (κ2) is 7.41. The number of hydrogen-bond acceptors (Lipinski definition) is 4. The molecule has 1 heterocycles. The Morgan fingerprint density at radius 1 is 1.46 bits per heavy atom. The molecule has 5 heteroatoms. The minimum Gasteiger partial charge on any atom is -0.266 e. The Balaban J connectivity index is 1.62. The van der Waals surface area contributed by atoms with Crippen LogP contribution >= 0.6 is 11.3 Å². The molecule has 1 aliphatic carbocycles. The maximum absolute atomic E-state index is 12.2. The topological polar surface area (TPSA) is 65.2 Å². The molecule has 1 N–H and O–H groups in total. The third-order valence-corrected chi connectivity index (χ3v) is 5.64. The Morgan fingerprint density at radius 3 is 2.96 bits per heavy atom. The summed E-state index contributed by atoms with van der Waals surface area (Å²) in [5.41, 5.74) is 5.36. The Kier molecular flexibility index (Phi) is 5.07. The van der Waals surface area contributed by atoms with Crippen LogP contribution in [-0.2, 0) is 12.8 Å². The molecule has 3 rings (SSSR count). The highest BCUT2D eigenvalue weighted by Crippen LogP contribution is 2.33. The summed E-state index contributed by atoms with van der Waals surface area (Å²) in [7, 11) is 0. The second-order valence-electron chi connectivity index (χ2n) is 6.01. The molecule has 0 unspecified atom stereocenters. The second-order valence-corrected chi connectivity index (χ2v) is 7.15. The van der Waals surface area contributed by atoms with Gasteiger partial charge in [0.05, 0.1) is 22.7 Å². The third kappa shape index (κ3) is 3.72. The van der Waals surface area contributed by atoms with E-state index in [1.807, 2.05) is 6.07 Å². The molecular formula is C19H19N3OS. The van der Waals surface area contributed by atoms with E-state index in [2.05, 4.69) is 23.5 Å². The van der Waals surface area contributed by atoms with Crippen molar-refractivity contribution in [2.45, 2.75) is 32.6 Å². The summed E-state index contributed by atoms with van der Waals surface area (Å²) in [6.45, 7) is 2.23. The van der Waals surface area contributed by atoms with Crippen LogP contribution in [0.15, 0.2) is 35.4 Å². The Hall–Kier alpha value is -2.45. The first-order valence-electron chi connectivity index (χ1n) is 8.14. The van der Waals surface area contributed by atoms with Crippen molar-refractivity contribution in [2.24, 2.45) is 11.0 Å². The van der Waals surface area contributed by atoms with Gasteiger partial charge in [0.2, 0.25) is 0 Å². The lowest BCUT2D eigenvalue weighted by atomic mass is 9.87. The molecule has 0 saturated carbocycles. The number of aryl methyl sites for hydroxylation is 1. The number of nitrogens with zero attached hydrogens (tertiary/aromatic N) is 2. The summed E-state index contributed by atoms with van der Waals surface area (Å²) < 4.78 is 0. The molecule has 1 aromatic heterocycles. The highest BCUT2D eigenvalue weighted by atomic mass is 32.1. The van der Waals surface area contributed by atoms with Crippen LogP contribution in [-0.4, -0.2) is 12.1 Å². The van der Waals surface area contributed by atoms with Gasteiger partial charge in [-0.2, -0.15) is 10.4 Å². The van der Waals surface area contributed by atoms with Crippen molar-refractivity contribution in [3.8, 4) is 6.07 Å². The summed E-state index contributed by atoms with van der Waals surface area (Å²) in [5, 5.41) is 12.8. The van der Waals surface area contributed by atoms with Gasteiger partial charge in [0, 0.05) is 4.88 Å². The third-order valence-electron chi connectivity index (χ3n) is 4.41. The van der Waals surface area contributed by atoms with Gasteiger partial charge in [-0.25, -0.2) is 5.43 Å². The van der Waals surface area contributed by atoms with Crippen molar-refractivity contribution in [3.05, 3.63) is 56.8 Å². The van der Waals surface area contributed by atoms with E-state index in [4.69, 9.17) is 5.26 Å². The van der Waals surface area contributed by atoms with Crippen LogP contribution in [0.2, 0.25) is 0 Å². The summed E-state index contributed by atoms with van der Waals surface area (Å²) in [5.74, 6) is 0.588. The van der Waals surface area contributed by atoms with Crippen LogP contribution in [0, 0.1) is 17.2 Å². The van der Waals surface area contributed by atoms with Crippen LogP contribution in [0.5, 0.6) is 0 Å². The number of thiophene rings is 1. The van der Waals surface area contributed by atoms with Gasteiger partial charge in [0.15, 0.2) is 0 Å². The zero-order valence-corrected chi connectivity index (χ0v) is 14.4. The highest BCUT2D eigenvalue weighted by Gasteiger charge is 2.21. The van der Waals surface area contributed by atoms with Crippen molar-refractivity contribution < 1.29 is 4.79 Å². The van der Waals surface area contributed by atoms with Crippen molar-refractivity contribution in [3.63, 3.8) is 0 Å². The predicted molar refractivity (Wildman–Crippen MR) is 96.3 cm³/mol. The van der Waals surface area contributed by atoms with Crippen LogP contribution in [0.3, 0.4) is 0 Å². The van der Waals surface area contributed by atoms with Crippen molar-refractivity contribution in [1.29, 1.82) is 5.26 Å². The van der Waals surface area contributed by atoms with Gasteiger partial charge in [0.1, 0.15) is 0 Å². The maximum Gasteiger partial charge on any atom is 0.281 e. The van der Waals surface area contributed by atoms with E-state index in [0.717, 1.165) is 29.2 Å². The average molecular weight is 337 g/mol. The number of rotatable bonds is 4.